The van der Waals surface area contributed by atoms with Gasteiger partial charge in [0.1, 0.15) is 12.4 Å². The lowest BCUT2D eigenvalue weighted by atomic mass is 10.1. The van der Waals surface area contributed by atoms with Gasteiger partial charge in [-0.05, 0) is 35.9 Å². The van der Waals surface area contributed by atoms with Crippen LogP contribution in [0.5, 0.6) is 5.75 Å². The molecule has 1 heterocycles. The van der Waals surface area contributed by atoms with Crippen molar-refractivity contribution in [3.05, 3.63) is 88.9 Å². The van der Waals surface area contributed by atoms with Crippen molar-refractivity contribution in [3.63, 3.8) is 0 Å². The van der Waals surface area contributed by atoms with E-state index in [0.29, 0.717) is 24.6 Å². The molecule has 0 bridgehead atoms. The average Bonchev–Trinajstić information content (AvgIpc) is 3.20. The molecule has 1 atom stereocenters. The van der Waals surface area contributed by atoms with Gasteiger partial charge in [0.15, 0.2) is 0 Å². The van der Waals surface area contributed by atoms with Crippen molar-refractivity contribution in [2.24, 2.45) is 5.92 Å². The third-order valence-corrected chi connectivity index (χ3v) is 5.56. The molecule has 1 fully saturated rings. The Morgan fingerprint density at radius 1 is 1.03 bits per heavy atom. The van der Waals surface area contributed by atoms with E-state index in [0.717, 1.165) is 15.7 Å². The van der Waals surface area contributed by atoms with Crippen LogP contribution in [0.25, 0.3) is 0 Å². The van der Waals surface area contributed by atoms with Crippen LogP contribution in [0.15, 0.2) is 83.3 Å². The first-order valence-corrected chi connectivity index (χ1v) is 10.8. The molecule has 7 heteroatoms. The van der Waals surface area contributed by atoms with Gasteiger partial charge in [-0.15, -0.1) is 0 Å². The lowest BCUT2D eigenvalue weighted by Crippen LogP contribution is -2.36. The summed E-state index contributed by atoms with van der Waals surface area (Å²) in [4.78, 5) is 26.7. The van der Waals surface area contributed by atoms with Crippen LogP contribution in [-0.2, 0) is 16.2 Å². The minimum atomic E-state index is -0.430. The van der Waals surface area contributed by atoms with Crippen LogP contribution < -0.4 is 20.5 Å². The second-order valence-electron chi connectivity index (χ2n) is 7.27. The fourth-order valence-corrected chi connectivity index (χ4v) is 3.79. The van der Waals surface area contributed by atoms with E-state index in [9.17, 15) is 9.59 Å². The van der Waals surface area contributed by atoms with Crippen molar-refractivity contribution in [2.45, 2.75) is 13.0 Å². The minimum absolute atomic E-state index is 0.0549. The maximum atomic E-state index is 12.7. The number of halogens is 1. The molecule has 3 aromatic rings. The average molecular weight is 480 g/mol. The van der Waals surface area contributed by atoms with Crippen molar-refractivity contribution in [1.82, 2.24) is 5.43 Å². The molecular weight excluding hydrogens is 458 g/mol. The number of nitrogens with zero attached hydrogens (tertiary/aromatic N) is 1. The van der Waals surface area contributed by atoms with E-state index < -0.39 is 5.92 Å². The number of anilines is 2. The number of benzene rings is 3. The Kier molecular flexibility index (Phi) is 6.52. The Hall–Kier alpha value is -3.32. The van der Waals surface area contributed by atoms with Crippen LogP contribution in [0, 0.1) is 5.92 Å². The third kappa shape index (κ3) is 5.24. The molecule has 0 aliphatic carbocycles. The Morgan fingerprint density at radius 3 is 2.48 bits per heavy atom. The predicted octanol–water partition coefficient (Wildman–Crippen LogP) is 4.52. The highest BCUT2D eigenvalue weighted by Gasteiger charge is 2.35. The maximum Gasteiger partial charge on any atom is 0.243 e. The van der Waals surface area contributed by atoms with Crippen LogP contribution in [0.2, 0.25) is 0 Å². The number of hydrazine groups is 1. The van der Waals surface area contributed by atoms with Gasteiger partial charge in [0.05, 0.1) is 11.6 Å². The highest BCUT2D eigenvalue weighted by atomic mass is 79.9. The van der Waals surface area contributed by atoms with E-state index >= 15 is 0 Å². The van der Waals surface area contributed by atoms with E-state index in [1.165, 1.54) is 0 Å². The summed E-state index contributed by atoms with van der Waals surface area (Å²) >= 11 is 3.45. The number of amides is 2. The number of carbonyl (C=O) groups excluding carboxylic acids is 2. The topological polar surface area (TPSA) is 70.7 Å². The zero-order chi connectivity index (χ0) is 21.6. The van der Waals surface area contributed by atoms with Crippen molar-refractivity contribution in [3.8, 4) is 5.75 Å². The number of para-hydroxylation sites is 1. The molecule has 0 saturated carbocycles. The molecule has 1 aliphatic heterocycles. The zero-order valence-electron chi connectivity index (χ0n) is 16.8. The minimum Gasteiger partial charge on any atom is -0.487 e. The third-order valence-electron chi connectivity index (χ3n) is 5.06. The first-order valence-electron chi connectivity index (χ1n) is 9.98. The van der Waals surface area contributed by atoms with Gasteiger partial charge in [-0.1, -0.05) is 64.5 Å². The van der Waals surface area contributed by atoms with Crippen molar-refractivity contribution in [1.29, 1.82) is 0 Å². The summed E-state index contributed by atoms with van der Waals surface area (Å²) in [6.07, 6.45) is 0.179. The van der Waals surface area contributed by atoms with E-state index in [1.807, 2.05) is 78.9 Å². The number of rotatable bonds is 7. The summed E-state index contributed by atoms with van der Waals surface area (Å²) in [5.41, 5.74) is 8.16. The monoisotopic (exact) mass is 479 g/mol. The summed E-state index contributed by atoms with van der Waals surface area (Å²) in [7, 11) is 0. The van der Waals surface area contributed by atoms with E-state index in [2.05, 4.69) is 26.8 Å². The molecule has 0 radical (unpaired) electrons. The molecule has 0 spiro atoms. The SMILES string of the molecule is O=C(NNc1cc(Br)ccc1OCc1ccccc1)[C@@H]1CC(=O)N(c2ccccc2)C1. The van der Waals surface area contributed by atoms with Gasteiger partial charge in [0.2, 0.25) is 11.8 Å². The fourth-order valence-electron chi connectivity index (χ4n) is 3.43. The molecule has 0 unspecified atom stereocenters. The predicted molar refractivity (Wildman–Crippen MR) is 124 cm³/mol. The second kappa shape index (κ2) is 9.66. The smallest absolute Gasteiger partial charge is 0.243 e. The molecule has 0 aromatic heterocycles. The molecular formula is C24H22BrN3O3. The molecule has 3 aromatic carbocycles. The maximum absolute atomic E-state index is 12.7. The van der Waals surface area contributed by atoms with Crippen LogP contribution in [0.4, 0.5) is 11.4 Å². The molecule has 4 rings (SSSR count). The molecule has 6 nitrogen and oxygen atoms in total. The van der Waals surface area contributed by atoms with Crippen LogP contribution in [-0.4, -0.2) is 18.4 Å². The van der Waals surface area contributed by atoms with Crippen molar-refractivity contribution in [2.75, 3.05) is 16.9 Å². The Bertz CT molecular complexity index is 1060. The van der Waals surface area contributed by atoms with E-state index in [-0.39, 0.29) is 18.2 Å². The van der Waals surface area contributed by atoms with Crippen LogP contribution in [0.1, 0.15) is 12.0 Å². The summed E-state index contributed by atoms with van der Waals surface area (Å²) in [6, 6.07) is 24.8. The van der Waals surface area contributed by atoms with Gasteiger partial charge in [-0.2, -0.15) is 0 Å². The molecule has 2 amide bonds. The normalized spacial score (nSPS) is 15.6. The first-order chi connectivity index (χ1) is 15.1. The van der Waals surface area contributed by atoms with Crippen molar-refractivity contribution < 1.29 is 14.3 Å². The molecule has 158 valence electrons. The molecule has 1 aliphatic rings. The quantitative estimate of drug-likeness (QED) is 0.488. The van der Waals surface area contributed by atoms with Gasteiger partial charge in [-0.3, -0.25) is 20.4 Å². The molecule has 1 saturated heterocycles. The fraction of sp³-hybridized carbons (Fsp3) is 0.167. The molecule has 2 N–H and O–H groups in total. The van der Waals surface area contributed by atoms with E-state index in [4.69, 9.17) is 4.74 Å². The van der Waals surface area contributed by atoms with Gasteiger partial charge < -0.3 is 9.64 Å². The summed E-state index contributed by atoms with van der Waals surface area (Å²) < 4.78 is 6.78. The Balaban J connectivity index is 1.38. The first kappa shape index (κ1) is 20.9. The highest BCUT2D eigenvalue weighted by molar-refractivity contribution is 9.10. The molecule has 31 heavy (non-hydrogen) atoms. The largest absolute Gasteiger partial charge is 0.487 e. The lowest BCUT2D eigenvalue weighted by molar-refractivity contribution is -0.125. The van der Waals surface area contributed by atoms with Gasteiger partial charge >= 0.3 is 0 Å². The summed E-state index contributed by atoms with van der Waals surface area (Å²) in [6.45, 7) is 0.764. The number of carbonyl (C=O) groups is 2. The number of hydrogen-bond donors (Lipinski definition) is 2. The van der Waals surface area contributed by atoms with Crippen molar-refractivity contribution >= 4 is 39.1 Å². The number of hydrogen-bond acceptors (Lipinski definition) is 4. The Labute approximate surface area is 189 Å². The zero-order valence-corrected chi connectivity index (χ0v) is 18.3. The number of ether oxygens (including phenoxy) is 1. The summed E-state index contributed by atoms with van der Waals surface area (Å²) in [5.74, 6) is -0.108. The second-order valence-corrected chi connectivity index (χ2v) is 8.19. The van der Waals surface area contributed by atoms with Gasteiger partial charge in [-0.25, -0.2) is 0 Å². The van der Waals surface area contributed by atoms with Crippen LogP contribution >= 0.6 is 15.9 Å². The Morgan fingerprint density at radius 2 is 1.74 bits per heavy atom. The highest BCUT2D eigenvalue weighted by Crippen LogP contribution is 2.29. The standard InChI is InChI=1S/C24H22BrN3O3/c25-19-11-12-22(31-16-17-7-3-1-4-8-17)21(14-19)26-27-24(30)18-13-23(29)28(15-18)20-9-5-2-6-10-20/h1-12,14,18,26H,13,15-16H2,(H,27,30)/t18-/m1/s1. The van der Waals surface area contributed by atoms with Gasteiger partial charge in [0.25, 0.3) is 0 Å². The summed E-state index contributed by atoms with van der Waals surface area (Å²) in [5, 5.41) is 0. The number of nitrogens with one attached hydrogen (secondary N) is 2. The lowest BCUT2D eigenvalue weighted by Gasteiger charge is -2.18. The van der Waals surface area contributed by atoms with Crippen LogP contribution in [0.3, 0.4) is 0 Å². The van der Waals surface area contributed by atoms with E-state index in [1.54, 1.807) is 4.90 Å². The van der Waals surface area contributed by atoms with Gasteiger partial charge in [0, 0.05) is 23.1 Å².